The van der Waals surface area contributed by atoms with E-state index >= 15 is 0 Å². The maximum Gasteiger partial charge on any atom is 0.200 e. The van der Waals surface area contributed by atoms with Crippen LogP contribution in [0.1, 0.15) is 0 Å². The molecule has 1 rings (SSSR count). The molecule has 5 heteroatoms. The van der Waals surface area contributed by atoms with Crippen LogP contribution in [0.5, 0.6) is 0 Å². The van der Waals surface area contributed by atoms with E-state index in [1.54, 1.807) is 0 Å². The zero-order chi connectivity index (χ0) is 8.48. The summed E-state index contributed by atoms with van der Waals surface area (Å²) >= 11 is 4.57. The Hall–Kier alpha value is -0.200. The Morgan fingerprint density at radius 2 is 2.18 bits per heavy atom. The zero-order valence-corrected chi connectivity index (χ0v) is 7.80. The second kappa shape index (κ2) is 3.04. The van der Waals surface area contributed by atoms with E-state index in [1.165, 1.54) is 0 Å². The van der Waals surface area contributed by atoms with Crippen molar-refractivity contribution in [1.82, 2.24) is 0 Å². The van der Waals surface area contributed by atoms with E-state index in [9.17, 15) is 4.21 Å². The van der Waals surface area contributed by atoms with Gasteiger partial charge in [0.2, 0.25) is 7.80 Å². The second-order valence-electron chi connectivity index (χ2n) is 1.78. The molecule has 3 unspecified atom stereocenters. The van der Waals surface area contributed by atoms with E-state index in [-0.39, 0.29) is 5.25 Å². The minimum absolute atomic E-state index is 0.370. The number of rotatable bonds is 0. The maximum atomic E-state index is 11.1. The summed E-state index contributed by atoms with van der Waals surface area (Å²) in [7, 11) is -1.76. The summed E-state index contributed by atoms with van der Waals surface area (Å²) in [5.41, 5.74) is 0. The SMILES string of the molecule is C#CC1OS(=O)(=S)SC1C#C. The van der Waals surface area contributed by atoms with Gasteiger partial charge >= 0.3 is 0 Å². The summed E-state index contributed by atoms with van der Waals surface area (Å²) < 4.78 is 15.9. The quantitative estimate of drug-likeness (QED) is 0.419. The number of hydrogen-bond acceptors (Lipinski definition) is 4. The summed E-state index contributed by atoms with van der Waals surface area (Å²) in [6.45, 7) is 0. The Bertz CT molecular complexity index is 302. The molecule has 0 bridgehead atoms. The highest BCUT2D eigenvalue weighted by Gasteiger charge is 2.34. The first-order chi connectivity index (χ1) is 5.09. The molecule has 0 radical (unpaired) electrons. The Morgan fingerprint density at radius 1 is 1.55 bits per heavy atom. The highest BCUT2D eigenvalue weighted by molar-refractivity contribution is 8.84. The molecule has 1 fully saturated rings. The van der Waals surface area contributed by atoms with Crippen LogP contribution >= 0.6 is 10.8 Å². The summed E-state index contributed by atoms with van der Waals surface area (Å²) in [5, 5.41) is -0.370. The van der Waals surface area contributed by atoms with Crippen LogP contribution in [-0.4, -0.2) is 15.6 Å². The normalized spacial score (nSPS) is 42.7. The van der Waals surface area contributed by atoms with E-state index < -0.39 is 13.9 Å². The predicted molar refractivity (Wildman–Crippen MR) is 49.4 cm³/mol. The highest BCUT2D eigenvalue weighted by Crippen LogP contribution is 2.33. The van der Waals surface area contributed by atoms with Crippen molar-refractivity contribution in [3.05, 3.63) is 0 Å². The maximum absolute atomic E-state index is 11.1. The van der Waals surface area contributed by atoms with Crippen molar-refractivity contribution in [3.63, 3.8) is 0 Å². The van der Waals surface area contributed by atoms with Crippen LogP contribution < -0.4 is 0 Å². The molecule has 3 atom stereocenters. The van der Waals surface area contributed by atoms with Crippen molar-refractivity contribution in [2.24, 2.45) is 0 Å². The van der Waals surface area contributed by atoms with E-state index in [0.29, 0.717) is 0 Å². The largest absolute Gasteiger partial charge is 0.263 e. The van der Waals surface area contributed by atoms with Gasteiger partial charge in [0.15, 0.2) is 6.10 Å². The van der Waals surface area contributed by atoms with Crippen LogP contribution in [0, 0.1) is 24.7 Å². The van der Waals surface area contributed by atoms with Crippen molar-refractivity contribution in [2.45, 2.75) is 11.4 Å². The van der Waals surface area contributed by atoms with Gasteiger partial charge in [0.25, 0.3) is 0 Å². The van der Waals surface area contributed by atoms with Crippen molar-refractivity contribution in [2.75, 3.05) is 0 Å². The van der Waals surface area contributed by atoms with Crippen LogP contribution in [0.25, 0.3) is 0 Å². The number of hydrogen-bond donors (Lipinski definition) is 0. The van der Waals surface area contributed by atoms with Crippen molar-refractivity contribution in [1.29, 1.82) is 0 Å². The molecular weight excluding hydrogens is 200 g/mol. The zero-order valence-electron chi connectivity index (χ0n) is 5.35. The van der Waals surface area contributed by atoms with Crippen molar-refractivity contribution in [3.8, 4) is 24.7 Å². The fourth-order valence-corrected chi connectivity index (χ4v) is 4.33. The fraction of sp³-hybridized carbons (Fsp3) is 0.333. The third-order valence-electron chi connectivity index (χ3n) is 1.05. The lowest BCUT2D eigenvalue weighted by Crippen LogP contribution is -2.15. The van der Waals surface area contributed by atoms with Crippen LogP contribution in [0.15, 0.2) is 0 Å². The first-order valence-electron chi connectivity index (χ1n) is 2.63. The van der Waals surface area contributed by atoms with Gasteiger partial charge < -0.3 is 0 Å². The van der Waals surface area contributed by atoms with Crippen molar-refractivity contribution < 1.29 is 8.39 Å². The first kappa shape index (κ1) is 8.89. The summed E-state index contributed by atoms with van der Waals surface area (Å²) in [5.74, 6) is 4.66. The predicted octanol–water partition coefficient (Wildman–Crippen LogP) is 0.330. The van der Waals surface area contributed by atoms with Crippen molar-refractivity contribution >= 4 is 29.8 Å². The van der Waals surface area contributed by atoms with Gasteiger partial charge in [-0.05, 0) is 10.8 Å². The first-order valence-corrected chi connectivity index (χ1v) is 6.43. The van der Waals surface area contributed by atoms with E-state index in [2.05, 4.69) is 23.0 Å². The molecule has 0 amide bonds. The molecule has 0 aromatic rings. The lowest BCUT2D eigenvalue weighted by atomic mass is 10.3. The van der Waals surface area contributed by atoms with Gasteiger partial charge in [0.1, 0.15) is 5.25 Å². The summed E-state index contributed by atoms with van der Waals surface area (Å²) in [6, 6.07) is 0. The molecule has 11 heavy (non-hydrogen) atoms. The third-order valence-corrected chi connectivity index (χ3v) is 4.82. The molecule has 0 aromatic carbocycles. The Labute approximate surface area is 74.4 Å². The van der Waals surface area contributed by atoms with Crippen LogP contribution in [-0.2, 0) is 23.2 Å². The van der Waals surface area contributed by atoms with Gasteiger partial charge in [-0.2, -0.15) is 0 Å². The number of terminal acetylenes is 2. The molecule has 2 nitrogen and oxygen atoms in total. The van der Waals surface area contributed by atoms with E-state index in [1.807, 2.05) is 0 Å². The molecule has 0 spiro atoms. The second-order valence-corrected chi connectivity index (χ2v) is 7.33. The average Bonchev–Trinajstić information content (AvgIpc) is 2.25. The fourth-order valence-electron chi connectivity index (χ4n) is 0.608. The third kappa shape index (κ3) is 1.88. The van der Waals surface area contributed by atoms with Crippen LogP contribution in [0.2, 0.25) is 0 Å². The average molecular weight is 204 g/mol. The lowest BCUT2D eigenvalue weighted by molar-refractivity contribution is 0.313. The summed E-state index contributed by atoms with van der Waals surface area (Å²) in [4.78, 5) is 0. The highest BCUT2D eigenvalue weighted by atomic mass is 33.4. The Kier molecular flexibility index (Phi) is 2.46. The molecule has 1 aliphatic rings. The smallest absolute Gasteiger partial charge is 0.200 e. The van der Waals surface area contributed by atoms with Gasteiger partial charge in [0, 0.05) is 11.2 Å². The van der Waals surface area contributed by atoms with Crippen LogP contribution in [0.3, 0.4) is 0 Å². The molecular formula is C6H4O2S3. The monoisotopic (exact) mass is 204 g/mol. The Balaban J connectivity index is 2.91. The van der Waals surface area contributed by atoms with Gasteiger partial charge in [-0.1, -0.05) is 11.8 Å². The molecule has 1 aliphatic heterocycles. The standard InChI is InChI=1S/C6H4O2S3/c1-3-5-6(4-2)10-11(7,9)8-5/h1-2,5-6H. The molecule has 0 N–H and O–H groups in total. The van der Waals surface area contributed by atoms with Crippen LogP contribution in [0.4, 0.5) is 0 Å². The molecule has 58 valence electrons. The van der Waals surface area contributed by atoms with Gasteiger partial charge in [-0.15, -0.1) is 12.8 Å². The molecule has 1 heterocycles. The van der Waals surface area contributed by atoms with E-state index in [0.717, 1.165) is 10.8 Å². The van der Waals surface area contributed by atoms with Gasteiger partial charge in [0.05, 0.1) is 0 Å². The van der Waals surface area contributed by atoms with E-state index in [4.69, 9.17) is 17.0 Å². The Morgan fingerprint density at radius 3 is 2.55 bits per heavy atom. The minimum Gasteiger partial charge on any atom is -0.263 e. The van der Waals surface area contributed by atoms with Gasteiger partial charge in [-0.3, -0.25) is 4.18 Å². The molecule has 0 aliphatic carbocycles. The molecule has 0 aromatic heterocycles. The molecule has 1 saturated heterocycles. The van der Waals surface area contributed by atoms with Gasteiger partial charge in [-0.25, -0.2) is 4.21 Å². The minimum atomic E-state index is -2.70. The molecule has 0 saturated carbocycles. The summed E-state index contributed by atoms with van der Waals surface area (Å²) in [6.07, 6.45) is 9.57. The topological polar surface area (TPSA) is 26.3 Å². The lowest BCUT2D eigenvalue weighted by Gasteiger charge is -1.99.